The molecular weight excluding hydrogens is 156 g/mol. The fourth-order valence-corrected chi connectivity index (χ4v) is 2.88. The Kier molecular flexibility index (Phi) is 5.67. The van der Waals surface area contributed by atoms with Crippen molar-refractivity contribution in [1.82, 2.24) is 0 Å². The molecule has 80 valence electrons. The SMILES string of the molecule is CC.CC.CC1(C)CC2CCC1C2. The van der Waals surface area contributed by atoms with E-state index in [1.165, 1.54) is 19.3 Å². The summed E-state index contributed by atoms with van der Waals surface area (Å²) in [7, 11) is 0. The van der Waals surface area contributed by atoms with Gasteiger partial charge in [-0.2, -0.15) is 0 Å². The molecule has 0 heteroatoms. The average molecular weight is 184 g/mol. The molecule has 0 aromatic carbocycles. The Labute approximate surface area is 85.1 Å². The third-order valence-electron chi connectivity index (χ3n) is 3.46. The van der Waals surface area contributed by atoms with Crippen LogP contribution in [0.5, 0.6) is 0 Å². The Morgan fingerprint density at radius 2 is 1.46 bits per heavy atom. The van der Waals surface area contributed by atoms with Gasteiger partial charge in [0.15, 0.2) is 0 Å². The van der Waals surface area contributed by atoms with Crippen LogP contribution in [0.2, 0.25) is 0 Å². The van der Waals surface area contributed by atoms with Gasteiger partial charge in [0.05, 0.1) is 0 Å². The maximum Gasteiger partial charge on any atom is -0.0323 e. The van der Waals surface area contributed by atoms with Crippen LogP contribution in [0, 0.1) is 17.3 Å². The Morgan fingerprint density at radius 3 is 1.62 bits per heavy atom. The van der Waals surface area contributed by atoms with Crippen LogP contribution in [0.15, 0.2) is 0 Å². The molecule has 0 nitrogen and oxygen atoms in total. The van der Waals surface area contributed by atoms with Crippen molar-refractivity contribution in [3.8, 4) is 0 Å². The summed E-state index contributed by atoms with van der Waals surface area (Å²) < 4.78 is 0. The molecule has 0 spiro atoms. The van der Waals surface area contributed by atoms with Gasteiger partial charge in [0.1, 0.15) is 0 Å². The molecule has 0 N–H and O–H groups in total. The molecule has 13 heavy (non-hydrogen) atoms. The highest BCUT2D eigenvalue weighted by Crippen LogP contribution is 2.55. The Morgan fingerprint density at radius 1 is 0.923 bits per heavy atom. The van der Waals surface area contributed by atoms with Gasteiger partial charge in [-0.3, -0.25) is 0 Å². The van der Waals surface area contributed by atoms with E-state index in [2.05, 4.69) is 13.8 Å². The predicted octanol–water partition coefficient (Wildman–Crippen LogP) is 4.89. The molecule has 0 amide bonds. The van der Waals surface area contributed by atoms with Gasteiger partial charge < -0.3 is 0 Å². The smallest absolute Gasteiger partial charge is 0.0323 e. The number of rotatable bonds is 0. The average Bonchev–Trinajstić information content (AvgIpc) is 2.69. The zero-order valence-electron chi connectivity index (χ0n) is 10.5. The second kappa shape index (κ2) is 5.67. The van der Waals surface area contributed by atoms with E-state index in [1.807, 2.05) is 27.7 Å². The summed E-state index contributed by atoms with van der Waals surface area (Å²) in [5.74, 6) is 2.20. The van der Waals surface area contributed by atoms with Crippen molar-refractivity contribution in [1.29, 1.82) is 0 Å². The van der Waals surface area contributed by atoms with Gasteiger partial charge in [-0.25, -0.2) is 0 Å². The van der Waals surface area contributed by atoms with E-state index >= 15 is 0 Å². The maximum absolute atomic E-state index is 2.44. The number of hydrogen-bond acceptors (Lipinski definition) is 0. The van der Waals surface area contributed by atoms with Crippen molar-refractivity contribution in [2.24, 2.45) is 17.3 Å². The first-order chi connectivity index (χ1) is 6.18. The van der Waals surface area contributed by atoms with E-state index in [0.29, 0.717) is 5.41 Å². The van der Waals surface area contributed by atoms with Crippen LogP contribution >= 0.6 is 0 Å². The summed E-state index contributed by atoms with van der Waals surface area (Å²) in [6.45, 7) is 12.9. The molecule has 0 aromatic rings. The van der Waals surface area contributed by atoms with Crippen LogP contribution in [0.3, 0.4) is 0 Å². The van der Waals surface area contributed by atoms with Crippen molar-refractivity contribution in [2.75, 3.05) is 0 Å². The molecule has 0 radical (unpaired) electrons. The summed E-state index contributed by atoms with van der Waals surface area (Å²) in [6.07, 6.45) is 6.12. The van der Waals surface area contributed by atoms with Crippen LogP contribution in [0.1, 0.15) is 67.2 Å². The fourth-order valence-electron chi connectivity index (χ4n) is 2.88. The Bertz CT molecular complexity index is 124. The molecule has 2 aliphatic carbocycles. The molecule has 2 saturated carbocycles. The molecule has 2 unspecified atom stereocenters. The molecule has 2 bridgehead atoms. The molecule has 2 aliphatic rings. The lowest BCUT2D eigenvalue weighted by atomic mass is 9.77. The van der Waals surface area contributed by atoms with Crippen LogP contribution in [0.4, 0.5) is 0 Å². The number of fused-ring (bicyclic) bond motifs is 2. The molecule has 0 heterocycles. The van der Waals surface area contributed by atoms with E-state index in [-0.39, 0.29) is 0 Å². The van der Waals surface area contributed by atoms with E-state index in [1.54, 1.807) is 6.42 Å². The first-order valence-corrected chi connectivity index (χ1v) is 6.18. The molecule has 0 aliphatic heterocycles. The maximum atomic E-state index is 2.44. The van der Waals surface area contributed by atoms with Crippen molar-refractivity contribution < 1.29 is 0 Å². The van der Waals surface area contributed by atoms with Crippen LogP contribution < -0.4 is 0 Å². The lowest BCUT2D eigenvalue weighted by Crippen LogP contribution is -2.19. The third-order valence-corrected chi connectivity index (χ3v) is 3.46. The molecular formula is C13H28. The summed E-state index contributed by atoms with van der Waals surface area (Å²) in [4.78, 5) is 0. The zero-order chi connectivity index (χ0) is 10.5. The fraction of sp³-hybridized carbons (Fsp3) is 1.00. The second-order valence-electron chi connectivity index (χ2n) is 4.57. The molecule has 0 aromatic heterocycles. The molecule has 0 saturated heterocycles. The lowest BCUT2D eigenvalue weighted by molar-refractivity contribution is 0.217. The Balaban J connectivity index is 0.000000322. The number of hydrogen-bond donors (Lipinski definition) is 0. The quantitative estimate of drug-likeness (QED) is 0.503. The van der Waals surface area contributed by atoms with Crippen LogP contribution in [-0.2, 0) is 0 Å². The first kappa shape index (κ1) is 13.0. The largest absolute Gasteiger partial charge is 0.0683 e. The highest BCUT2D eigenvalue weighted by molar-refractivity contribution is 4.95. The highest BCUT2D eigenvalue weighted by Gasteiger charge is 2.44. The summed E-state index contributed by atoms with van der Waals surface area (Å²) in [5.41, 5.74) is 0.711. The van der Waals surface area contributed by atoms with E-state index in [0.717, 1.165) is 11.8 Å². The highest BCUT2D eigenvalue weighted by atomic mass is 14.5. The van der Waals surface area contributed by atoms with Gasteiger partial charge in [0.2, 0.25) is 0 Å². The third kappa shape index (κ3) is 3.00. The normalized spacial score (nSPS) is 32.8. The topological polar surface area (TPSA) is 0 Å². The van der Waals surface area contributed by atoms with E-state index in [9.17, 15) is 0 Å². The zero-order valence-corrected chi connectivity index (χ0v) is 10.5. The molecule has 2 atom stereocenters. The minimum absolute atomic E-state index is 0.711. The van der Waals surface area contributed by atoms with Crippen LogP contribution in [0.25, 0.3) is 0 Å². The van der Waals surface area contributed by atoms with Crippen molar-refractivity contribution >= 4 is 0 Å². The van der Waals surface area contributed by atoms with Gasteiger partial charge in [0, 0.05) is 0 Å². The summed E-state index contributed by atoms with van der Waals surface area (Å²) in [6, 6.07) is 0. The van der Waals surface area contributed by atoms with Gasteiger partial charge in [0.25, 0.3) is 0 Å². The first-order valence-electron chi connectivity index (χ1n) is 6.18. The van der Waals surface area contributed by atoms with E-state index < -0.39 is 0 Å². The summed E-state index contributed by atoms with van der Waals surface area (Å²) >= 11 is 0. The van der Waals surface area contributed by atoms with Gasteiger partial charge in [-0.05, 0) is 36.5 Å². The minimum Gasteiger partial charge on any atom is -0.0683 e. The standard InChI is InChI=1S/C9H16.2C2H6/c1-9(2)6-7-3-4-8(9)5-7;2*1-2/h7-8H,3-6H2,1-2H3;2*1-2H3. The molecule has 2 fully saturated rings. The van der Waals surface area contributed by atoms with Crippen molar-refractivity contribution in [2.45, 2.75) is 67.2 Å². The van der Waals surface area contributed by atoms with Crippen molar-refractivity contribution in [3.05, 3.63) is 0 Å². The predicted molar refractivity (Wildman–Crippen MR) is 61.9 cm³/mol. The van der Waals surface area contributed by atoms with Gasteiger partial charge in [-0.1, -0.05) is 48.0 Å². The van der Waals surface area contributed by atoms with Gasteiger partial charge >= 0.3 is 0 Å². The molecule has 2 rings (SSSR count). The van der Waals surface area contributed by atoms with E-state index in [4.69, 9.17) is 0 Å². The second-order valence-corrected chi connectivity index (χ2v) is 4.57. The van der Waals surface area contributed by atoms with Crippen molar-refractivity contribution in [3.63, 3.8) is 0 Å². The monoisotopic (exact) mass is 184 g/mol. The summed E-state index contributed by atoms with van der Waals surface area (Å²) in [5, 5.41) is 0. The van der Waals surface area contributed by atoms with Crippen LogP contribution in [-0.4, -0.2) is 0 Å². The van der Waals surface area contributed by atoms with Gasteiger partial charge in [-0.15, -0.1) is 0 Å². The lowest BCUT2D eigenvalue weighted by Gasteiger charge is -2.29. The Hall–Kier alpha value is 0. The minimum atomic E-state index is 0.711.